The number of non-ortho nitro benzene ring substituents is 1. The van der Waals surface area contributed by atoms with Gasteiger partial charge < -0.3 is 20.1 Å². The second-order valence-electron chi connectivity index (χ2n) is 4.15. The summed E-state index contributed by atoms with van der Waals surface area (Å²) >= 11 is 5.57. The van der Waals surface area contributed by atoms with Gasteiger partial charge in [0.1, 0.15) is 0 Å². The number of hydrogen-bond donors (Lipinski definition) is 4. The van der Waals surface area contributed by atoms with Crippen molar-refractivity contribution in [3.63, 3.8) is 0 Å². The lowest BCUT2D eigenvalue weighted by Gasteiger charge is -1.97. The second kappa shape index (κ2) is 8.52. The molecule has 0 aliphatic heterocycles. The third-order valence-corrected chi connectivity index (χ3v) is 2.76. The Bertz CT molecular complexity index is 641. The van der Waals surface area contributed by atoms with Crippen LogP contribution in [0.3, 0.4) is 0 Å². The van der Waals surface area contributed by atoms with Crippen LogP contribution >= 0.6 is 11.6 Å². The minimum absolute atomic E-state index is 0.115. The molecule has 2 rings (SSSR count). The molecule has 0 bridgehead atoms. The smallest absolute Gasteiger partial charge is 0.423 e. The molecule has 0 heterocycles. The minimum atomic E-state index is -1.66. The molecule has 0 amide bonds. The first-order chi connectivity index (χ1) is 10.3. The van der Waals surface area contributed by atoms with Crippen molar-refractivity contribution in [1.29, 1.82) is 0 Å². The van der Waals surface area contributed by atoms with Gasteiger partial charge in [-0.1, -0.05) is 35.9 Å². The number of nitro groups is 1. The van der Waals surface area contributed by atoms with Crippen LogP contribution in [0.15, 0.2) is 48.5 Å². The number of benzene rings is 2. The Morgan fingerprint density at radius 2 is 1.41 bits per heavy atom. The van der Waals surface area contributed by atoms with Gasteiger partial charge in [0.25, 0.3) is 5.69 Å². The summed E-state index contributed by atoms with van der Waals surface area (Å²) in [6.45, 7) is 0. The maximum atomic E-state index is 10.2. The lowest BCUT2D eigenvalue weighted by Crippen LogP contribution is -2.29. The number of nitrogens with zero attached hydrogens (tertiary/aromatic N) is 1. The van der Waals surface area contributed by atoms with Crippen LogP contribution in [-0.2, 0) is 0 Å². The molecule has 0 atom stereocenters. The molecule has 0 saturated carbocycles. The van der Waals surface area contributed by atoms with E-state index in [-0.39, 0.29) is 11.2 Å². The van der Waals surface area contributed by atoms with E-state index in [1.807, 2.05) is 0 Å². The molecule has 4 N–H and O–H groups in total. The molecule has 22 heavy (non-hydrogen) atoms. The van der Waals surface area contributed by atoms with Gasteiger partial charge in [-0.3, -0.25) is 10.1 Å². The van der Waals surface area contributed by atoms with E-state index in [1.165, 1.54) is 24.3 Å². The van der Waals surface area contributed by atoms with Crippen molar-refractivity contribution < 1.29 is 25.0 Å². The summed E-state index contributed by atoms with van der Waals surface area (Å²) in [5.74, 6) is 0. The van der Waals surface area contributed by atoms with Gasteiger partial charge in [-0.15, -0.1) is 0 Å². The lowest BCUT2D eigenvalue weighted by molar-refractivity contribution is -0.384. The first-order valence-electron chi connectivity index (χ1n) is 6.03. The van der Waals surface area contributed by atoms with Gasteiger partial charge >= 0.3 is 14.2 Å². The van der Waals surface area contributed by atoms with E-state index in [2.05, 4.69) is 0 Å². The molecule has 0 aliphatic rings. The fourth-order valence-electron chi connectivity index (χ4n) is 1.47. The highest BCUT2D eigenvalue weighted by atomic mass is 35.5. The molecule has 0 fully saturated rings. The summed E-state index contributed by atoms with van der Waals surface area (Å²) < 4.78 is 0. The molecule has 7 nitrogen and oxygen atoms in total. The van der Waals surface area contributed by atoms with Crippen LogP contribution in [0.5, 0.6) is 0 Å². The van der Waals surface area contributed by atoms with E-state index < -0.39 is 19.2 Å². The second-order valence-corrected chi connectivity index (χ2v) is 4.59. The topological polar surface area (TPSA) is 124 Å². The molecule has 0 aliphatic carbocycles. The van der Waals surface area contributed by atoms with Crippen LogP contribution in [0, 0.1) is 10.1 Å². The van der Waals surface area contributed by atoms with E-state index in [1.54, 1.807) is 18.2 Å². The van der Waals surface area contributed by atoms with Gasteiger partial charge in [0, 0.05) is 17.2 Å². The average Bonchev–Trinajstić information content (AvgIpc) is 2.48. The summed E-state index contributed by atoms with van der Waals surface area (Å²) in [6, 6.07) is 11.6. The Labute approximate surface area is 131 Å². The maximum Gasteiger partial charge on any atom is 0.488 e. The SMILES string of the molecule is O=[N+]([O-])c1cccc(B(O)O)c1.OB(O)c1cccc(Cl)c1. The molecular weight excluding hydrogens is 311 g/mol. The predicted molar refractivity (Wildman–Crippen MR) is 84.2 cm³/mol. The molecule has 0 radical (unpaired) electrons. The monoisotopic (exact) mass is 323 g/mol. The van der Waals surface area contributed by atoms with Crippen molar-refractivity contribution in [2.45, 2.75) is 0 Å². The van der Waals surface area contributed by atoms with Crippen LogP contribution in [0.4, 0.5) is 5.69 Å². The summed E-state index contributed by atoms with van der Waals surface area (Å²) in [5.41, 5.74) is 0.373. The number of hydrogen-bond acceptors (Lipinski definition) is 6. The molecule has 114 valence electrons. The van der Waals surface area contributed by atoms with Crippen molar-refractivity contribution in [1.82, 2.24) is 0 Å². The zero-order chi connectivity index (χ0) is 16.7. The van der Waals surface area contributed by atoms with Gasteiger partial charge in [-0.2, -0.15) is 0 Å². The van der Waals surface area contributed by atoms with Crippen molar-refractivity contribution in [3.8, 4) is 0 Å². The predicted octanol–water partition coefficient (Wildman–Crippen LogP) is -0.706. The van der Waals surface area contributed by atoms with Gasteiger partial charge in [0.15, 0.2) is 0 Å². The summed E-state index contributed by atoms with van der Waals surface area (Å²) in [7, 11) is -3.09. The Balaban J connectivity index is 0.000000224. The molecule has 0 aromatic heterocycles. The fourth-order valence-corrected chi connectivity index (χ4v) is 1.66. The third-order valence-electron chi connectivity index (χ3n) is 2.53. The maximum absolute atomic E-state index is 10.2. The summed E-state index contributed by atoms with van der Waals surface area (Å²) in [5, 5.41) is 45.3. The summed E-state index contributed by atoms with van der Waals surface area (Å²) in [6.07, 6.45) is 0. The van der Waals surface area contributed by atoms with Crippen molar-refractivity contribution in [3.05, 3.63) is 63.7 Å². The van der Waals surface area contributed by atoms with Gasteiger partial charge in [-0.05, 0) is 23.1 Å². The summed E-state index contributed by atoms with van der Waals surface area (Å²) in [4.78, 5) is 9.63. The standard InChI is InChI=1S/C6H6BClO2.C6H6BNO4/c8-6-3-1-2-5(4-6)7(9)10;9-7(10)5-2-1-3-6(4-5)8(11)12/h1-4,9-10H;1-4,9-10H. The lowest BCUT2D eigenvalue weighted by atomic mass is 9.80. The zero-order valence-corrected chi connectivity index (χ0v) is 12.0. The normalized spacial score (nSPS) is 9.50. The Kier molecular flexibility index (Phi) is 7.03. The largest absolute Gasteiger partial charge is 0.488 e. The fraction of sp³-hybridized carbons (Fsp3) is 0. The first-order valence-corrected chi connectivity index (χ1v) is 6.41. The number of nitro benzene ring substituents is 1. The van der Waals surface area contributed by atoms with Crippen LogP contribution in [-0.4, -0.2) is 39.3 Å². The Morgan fingerprint density at radius 3 is 1.82 bits per heavy atom. The highest BCUT2D eigenvalue weighted by Gasteiger charge is 2.14. The van der Waals surface area contributed by atoms with Crippen molar-refractivity contribution >= 4 is 42.5 Å². The van der Waals surface area contributed by atoms with E-state index in [9.17, 15) is 10.1 Å². The molecule has 2 aromatic rings. The molecule has 0 unspecified atom stereocenters. The van der Waals surface area contributed by atoms with Crippen LogP contribution in [0.2, 0.25) is 5.02 Å². The highest BCUT2D eigenvalue weighted by Crippen LogP contribution is 2.06. The quantitative estimate of drug-likeness (QED) is 0.336. The first kappa shape index (κ1) is 18.1. The minimum Gasteiger partial charge on any atom is -0.423 e. The molecule has 0 saturated heterocycles. The zero-order valence-electron chi connectivity index (χ0n) is 11.2. The number of halogens is 1. The van der Waals surface area contributed by atoms with Crippen LogP contribution < -0.4 is 10.9 Å². The Hall–Kier alpha value is -1.90. The van der Waals surface area contributed by atoms with Crippen molar-refractivity contribution in [2.75, 3.05) is 0 Å². The highest BCUT2D eigenvalue weighted by molar-refractivity contribution is 6.59. The average molecular weight is 323 g/mol. The third kappa shape index (κ3) is 5.84. The van der Waals surface area contributed by atoms with E-state index in [0.29, 0.717) is 10.5 Å². The van der Waals surface area contributed by atoms with E-state index in [4.69, 9.17) is 31.7 Å². The molecular formula is C12H12B2ClNO6. The number of rotatable bonds is 3. The molecule has 10 heteroatoms. The van der Waals surface area contributed by atoms with E-state index >= 15 is 0 Å². The van der Waals surface area contributed by atoms with E-state index in [0.717, 1.165) is 6.07 Å². The van der Waals surface area contributed by atoms with Crippen LogP contribution in [0.1, 0.15) is 0 Å². The Morgan fingerprint density at radius 1 is 0.909 bits per heavy atom. The van der Waals surface area contributed by atoms with Crippen LogP contribution in [0.25, 0.3) is 0 Å². The van der Waals surface area contributed by atoms with Gasteiger partial charge in [0.05, 0.1) is 4.92 Å². The molecule has 0 spiro atoms. The molecule has 2 aromatic carbocycles. The van der Waals surface area contributed by atoms with Gasteiger partial charge in [0.2, 0.25) is 0 Å². The van der Waals surface area contributed by atoms with Crippen molar-refractivity contribution in [2.24, 2.45) is 0 Å². The van der Waals surface area contributed by atoms with Gasteiger partial charge in [-0.25, -0.2) is 0 Å².